The molecule has 1 aromatic heterocycles. The number of alkyl halides is 3. The summed E-state index contributed by atoms with van der Waals surface area (Å²) in [7, 11) is 1.09. The van der Waals surface area contributed by atoms with Crippen molar-refractivity contribution in [2.75, 3.05) is 13.7 Å². The summed E-state index contributed by atoms with van der Waals surface area (Å²) >= 11 is 0. The maximum Gasteiger partial charge on any atom is 0.438 e. The lowest BCUT2D eigenvalue weighted by molar-refractivity contribution is -0.147. The summed E-state index contributed by atoms with van der Waals surface area (Å²) in [5, 5.41) is 3.48. The number of esters is 1. The van der Waals surface area contributed by atoms with Crippen molar-refractivity contribution in [2.24, 2.45) is 0 Å². The monoisotopic (exact) mass is 332 g/mol. The summed E-state index contributed by atoms with van der Waals surface area (Å²) in [5.41, 5.74) is -1.03. The molecule has 0 aliphatic carbocycles. The van der Waals surface area contributed by atoms with Gasteiger partial charge in [0.25, 0.3) is 0 Å². The van der Waals surface area contributed by atoms with Gasteiger partial charge in [-0.3, -0.25) is 0 Å². The van der Waals surface area contributed by atoms with Gasteiger partial charge in [0, 0.05) is 0 Å². The van der Waals surface area contributed by atoms with E-state index in [1.165, 1.54) is 19.1 Å². The van der Waals surface area contributed by atoms with Gasteiger partial charge in [-0.1, -0.05) is 0 Å². The highest BCUT2D eigenvalue weighted by Gasteiger charge is 2.40. The molecule has 2 aromatic rings. The van der Waals surface area contributed by atoms with E-state index in [0.29, 0.717) is 0 Å². The fourth-order valence-corrected chi connectivity index (χ4v) is 1.87. The van der Waals surface area contributed by atoms with Crippen LogP contribution < -0.4 is 4.74 Å². The highest BCUT2D eigenvalue weighted by molar-refractivity contribution is 5.71. The molecule has 2 rings (SSSR count). The van der Waals surface area contributed by atoms with Crippen LogP contribution in [0.3, 0.4) is 0 Å². The molecule has 0 amide bonds. The molecule has 0 saturated carbocycles. The molecule has 0 bridgehead atoms. The molecular weight excluding hydrogens is 320 g/mol. The number of hydrogen-bond donors (Lipinski definition) is 0. The molecule has 0 spiro atoms. The first-order valence-corrected chi connectivity index (χ1v) is 6.36. The van der Waals surface area contributed by atoms with Gasteiger partial charge in [0.05, 0.1) is 18.5 Å². The second-order valence-electron chi connectivity index (χ2n) is 4.51. The van der Waals surface area contributed by atoms with Crippen LogP contribution >= 0.6 is 0 Å². The number of ether oxygens (including phenoxy) is 2. The van der Waals surface area contributed by atoms with Crippen molar-refractivity contribution in [2.45, 2.75) is 13.1 Å². The van der Waals surface area contributed by atoms with E-state index in [-0.39, 0.29) is 11.4 Å². The number of rotatable bonds is 4. The van der Waals surface area contributed by atoms with Crippen molar-refractivity contribution >= 4 is 5.97 Å². The molecule has 1 aromatic carbocycles. The SMILES string of the molecule is COC(=O)COc1c(C(F)(F)F)nn(-c2ccc(F)cc2)c1C. The van der Waals surface area contributed by atoms with E-state index in [1.807, 2.05) is 0 Å². The molecule has 1 heterocycles. The van der Waals surface area contributed by atoms with Crippen LogP contribution in [0.5, 0.6) is 5.75 Å². The second kappa shape index (κ2) is 6.27. The van der Waals surface area contributed by atoms with Crippen molar-refractivity contribution in [3.8, 4) is 11.4 Å². The van der Waals surface area contributed by atoms with Crippen molar-refractivity contribution < 1.29 is 31.8 Å². The first-order chi connectivity index (χ1) is 10.7. The molecule has 124 valence electrons. The van der Waals surface area contributed by atoms with Gasteiger partial charge in [0.2, 0.25) is 5.69 Å². The van der Waals surface area contributed by atoms with E-state index < -0.39 is 36.0 Å². The predicted molar refractivity (Wildman–Crippen MR) is 70.8 cm³/mol. The largest absolute Gasteiger partial charge is 0.478 e. The summed E-state index contributed by atoms with van der Waals surface area (Å²) in [4.78, 5) is 11.1. The first-order valence-electron chi connectivity index (χ1n) is 6.36. The molecule has 0 fully saturated rings. The third kappa shape index (κ3) is 3.61. The average molecular weight is 332 g/mol. The van der Waals surface area contributed by atoms with Crippen LogP contribution in [0.15, 0.2) is 24.3 Å². The van der Waals surface area contributed by atoms with E-state index in [4.69, 9.17) is 4.74 Å². The molecule has 0 saturated heterocycles. The summed E-state index contributed by atoms with van der Waals surface area (Å²) < 4.78 is 62.4. The van der Waals surface area contributed by atoms with Crippen LogP contribution in [0, 0.1) is 12.7 Å². The number of nitrogens with zero attached hydrogens (tertiary/aromatic N) is 2. The molecule has 0 N–H and O–H groups in total. The number of carbonyl (C=O) groups is 1. The number of methoxy groups -OCH3 is 1. The van der Waals surface area contributed by atoms with E-state index in [9.17, 15) is 22.4 Å². The Morgan fingerprint density at radius 2 is 1.87 bits per heavy atom. The summed E-state index contributed by atoms with van der Waals surface area (Å²) in [6.07, 6.45) is -4.78. The molecular formula is C14H12F4N2O3. The summed E-state index contributed by atoms with van der Waals surface area (Å²) in [6.45, 7) is 0.660. The molecule has 9 heteroatoms. The Morgan fingerprint density at radius 1 is 1.26 bits per heavy atom. The van der Waals surface area contributed by atoms with Crippen LogP contribution in [-0.2, 0) is 15.7 Å². The molecule has 0 radical (unpaired) electrons. The third-order valence-electron chi connectivity index (χ3n) is 2.96. The molecule has 23 heavy (non-hydrogen) atoms. The Balaban J connectivity index is 2.47. The van der Waals surface area contributed by atoms with E-state index >= 15 is 0 Å². The Kier molecular flexibility index (Phi) is 4.57. The molecule has 5 nitrogen and oxygen atoms in total. The van der Waals surface area contributed by atoms with Gasteiger partial charge in [-0.15, -0.1) is 0 Å². The van der Waals surface area contributed by atoms with Crippen molar-refractivity contribution in [1.29, 1.82) is 0 Å². The van der Waals surface area contributed by atoms with Crippen LogP contribution in [0.2, 0.25) is 0 Å². The van der Waals surface area contributed by atoms with Crippen molar-refractivity contribution in [3.63, 3.8) is 0 Å². The van der Waals surface area contributed by atoms with Gasteiger partial charge >= 0.3 is 12.1 Å². The minimum atomic E-state index is -4.78. The highest BCUT2D eigenvalue weighted by Crippen LogP contribution is 2.38. The quantitative estimate of drug-likeness (QED) is 0.638. The Labute approximate surface area is 128 Å². The molecule has 0 atom stereocenters. The van der Waals surface area contributed by atoms with E-state index in [1.54, 1.807) is 0 Å². The third-order valence-corrected chi connectivity index (χ3v) is 2.96. The number of benzene rings is 1. The fourth-order valence-electron chi connectivity index (χ4n) is 1.87. The average Bonchev–Trinajstić information content (AvgIpc) is 2.82. The van der Waals surface area contributed by atoms with Crippen LogP contribution in [-0.4, -0.2) is 29.5 Å². The molecule has 0 aliphatic rings. The fraction of sp³-hybridized carbons (Fsp3) is 0.286. The van der Waals surface area contributed by atoms with Gasteiger partial charge < -0.3 is 9.47 Å². The lowest BCUT2D eigenvalue weighted by Gasteiger charge is -2.08. The minimum Gasteiger partial charge on any atom is -0.478 e. The zero-order chi connectivity index (χ0) is 17.2. The zero-order valence-corrected chi connectivity index (χ0v) is 12.1. The lowest BCUT2D eigenvalue weighted by atomic mass is 10.3. The molecule has 0 aliphatic heterocycles. The van der Waals surface area contributed by atoms with Crippen molar-refractivity contribution in [3.05, 3.63) is 41.5 Å². The standard InChI is InChI=1S/C14H12F4N2O3/c1-8-12(23-7-11(21)22-2)13(14(16,17)18)19-20(8)10-5-3-9(15)4-6-10/h3-6H,7H2,1-2H3. The van der Waals surface area contributed by atoms with Crippen molar-refractivity contribution in [1.82, 2.24) is 9.78 Å². The number of halogens is 4. The van der Waals surface area contributed by atoms with Crippen LogP contribution in [0.4, 0.5) is 17.6 Å². The van der Waals surface area contributed by atoms with Crippen LogP contribution in [0.1, 0.15) is 11.4 Å². The van der Waals surface area contributed by atoms with Crippen LogP contribution in [0.25, 0.3) is 5.69 Å². The maximum absolute atomic E-state index is 13.1. The van der Waals surface area contributed by atoms with E-state index in [2.05, 4.69) is 9.84 Å². The summed E-state index contributed by atoms with van der Waals surface area (Å²) in [5.74, 6) is -1.93. The smallest absolute Gasteiger partial charge is 0.438 e. The van der Waals surface area contributed by atoms with Gasteiger partial charge in [0.15, 0.2) is 12.4 Å². The highest BCUT2D eigenvalue weighted by atomic mass is 19.4. The second-order valence-corrected chi connectivity index (χ2v) is 4.51. The Hall–Kier alpha value is -2.58. The number of carbonyl (C=O) groups excluding carboxylic acids is 1. The minimum absolute atomic E-state index is 0.0211. The zero-order valence-electron chi connectivity index (χ0n) is 12.1. The number of hydrogen-bond acceptors (Lipinski definition) is 4. The Bertz CT molecular complexity index is 708. The van der Waals surface area contributed by atoms with Gasteiger partial charge in [-0.05, 0) is 31.2 Å². The summed E-state index contributed by atoms with van der Waals surface area (Å²) in [6, 6.07) is 4.75. The normalized spacial score (nSPS) is 11.4. The Morgan fingerprint density at radius 3 is 2.39 bits per heavy atom. The van der Waals surface area contributed by atoms with Gasteiger partial charge in [-0.2, -0.15) is 18.3 Å². The first kappa shape index (κ1) is 16.8. The molecule has 0 unspecified atom stereocenters. The predicted octanol–water partition coefficient (Wildman–Crippen LogP) is 2.89. The van der Waals surface area contributed by atoms with Gasteiger partial charge in [0.1, 0.15) is 5.82 Å². The van der Waals surface area contributed by atoms with E-state index in [0.717, 1.165) is 23.9 Å². The number of aromatic nitrogens is 2. The van der Waals surface area contributed by atoms with Gasteiger partial charge in [-0.25, -0.2) is 13.9 Å². The maximum atomic E-state index is 13.1. The lowest BCUT2D eigenvalue weighted by Crippen LogP contribution is -2.15. The topological polar surface area (TPSA) is 53.4 Å².